The number of aromatic hydroxyl groups is 1. The molecule has 0 saturated heterocycles. The minimum absolute atomic E-state index is 0. The van der Waals surface area contributed by atoms with Gasteiger partial charge in [0.15, 0.2) is 0 Å². The number of hydrogen-bond acceptors (Lipinski definition) is 1. The molecule has 6 heteroatoms. The zero-order valence-corrected chi connectivity index (χ0v) is 23.6. The van der Waals surface area contributed by atoms with Crippen molar-refractivity contribution in [2.45, 2.75) is 72.3 Å². The van der Waals surface area contributed by atoms with Crippen LogP contribution in [0.5, 0.6) is 5.75 Å². The molecular weight excluding hydrogens is 443 g/mol. The first-order valence-corrected chi connectivity index (χ1v) is 14.1. The van der Waals surface area contributed by atoms with E-state index in [0.717, 1.165) is 21.5 Å². The van der Waals surface area contributed by atoms with Crippen LogP contribution >= 0.6 is 24.8 Å². The van der Waals surface area contributed by atoms with Crippen LogP contribution in [0, 0.1) is 13.0 Å². The van der Waals surface area contributed by atoms with E-state index in [9.17, 15) is 5.11 Å². The molecule has 0 atom stereocenters. The zero-order chi connectivity index (χ0) is 19.0. The number of allylic oxidation sites excluding steroid dienone is 4. The molecule has 27 heavy (non-hydrogen) atoms. The van der Waals surface area contributed by atoms with Gasteiger partial charge in [-0.25, -0.2) is 11.3 Å². The normalized spacial score (nSPS) is 12.0. The Morgan fingerprint density at radius 3 is 1.78 bits per heavy atom. The van der Waals surface area contributed by atoms with E-state index in [1.807, 2.05) is 13.0 Å². The Bertz CT molecular complexity index is 554. The van der Waals surface area contributed by atoms with E-state index >= 15 is 0 Å². The number of halogens is 2. The van der Waals surface area contributed by atoms with Crippen LogP contribution in [-0.4, -0.2) is 22.7 Å². The summed E-state index contributed by atoms with van der Waals surface area (Å²) in [6.07, 6.45) is 8.82. The van der Waals surface area contributed by atoms with Crippen molar-refractivity contribution in [1.29, 1.82) is 0 Å². The Labute approximate surface area is 199 Å². The van der Waals surface area contributed by atoms with Gasteiger partial charge in [-0.05, 0) is 35.6 Å². The quantitative estimate of drug-likeness (QED) is 0.334. The predicted molar refractivity (Wildman–Crippen MR) is 127 cm³/mol. The molecule has 0 spiro atoms. The van der Waals surface area contributed by atoms with E-state index in [4.69, 9.17) is 0 Å². The van der Waals surface area contributed by atoms with Gasteiger partial charge in [0.2, 0.25) is 0 Å². The van der Waals surface area contributed by atoms with Crippen molar-refractivity contribution in [3.05, 3.63) is 52.8 Å². The second-order valence-electron chi connectivity index (χ2n) is 8.25. The predicted octanol–water partition coefficient (Wildman–Crippen LogP) is 7.18. The maximum absolute atomic E-state index is 9.36. The fourth-order valence-electron chi connectivity index (χ4n) is 2.12. The number of aryl methyl sites for hydroxylation is 1. The summed E-state index contributed by atoms with van der Waals surface area (Å²) in [5.74, 6) is 0.361. The van der Waals surface area contributed by atoms with E-state index in [1.54, 1.807) is 6.07 Å². The van der Waals surface area contributed by atoms with Crippen molar-refractivity contribution in [2.75, 3.05) is 0 Å². The first-order valence-electron chi connectivity index (χ1n) is 8.59. The number of phenolic OH excluding ortho intramolecular Hbond substituents is 1. The number of rotatable bonds is 1. The summed E-state index contributed by atoms with van der Waals surface area (Å²) in [7, 11) is 0.0779. The van der Waals surface area contributed by atoms with Gasteiger partial charge in [-0.2, -0.15) is 6.08 Å². The average Bonchev–Trinajstić information content (AvgIpc) is 2.91. The molecule has 1 aromatic carbocycles. The van der Waals surface area contributed by atoms with Gasteiger partial charge in [-0.1, -0.05) is 59.6 Å². The first-order chi connectivity index (χ1) is 10.9. The Hall–Kier alpha value is 0.228. The van der Waals surface area contributed by atoms with Crippen LogP contribution in [0.4, 0.5) is 0 Å². The van der Waals surface area contributed by atoms with Gasteiger partial charge in [0, 0.05) is 39.3 Å². The summed E-state index contributed by atoms with van der Waals surface area (Å²) in [5.41, 5.74) is 2.41. The van der Waals surface area contributed by atoms with Gasteiger partial charge in [0.25, 0.3) is 0 Å². The molecule has 1 nitrogen and oxygen atoms in total. The molecule has 1 aromatic rings. The Morgan fingerprint density at radius 2 is 1.52 bits per heavy atom. The maximum atomic E-state index is 9.36. The molecule has 0 saturated carbocycles. The largest absolute Gasteiger partial charge is 0.508 e. The van der Waals surface area contributed by atoms with Crippen molar-refractivity contribution >= 4 is 42.4 Å². The van der Waals surface area contributed by atoms with Gasteiger partial charge in [-0.15, -0.1) is 31.2 Å². The molecule has 0 bridgehead atoms. The fraction of sp³-hybridized carbons (Fsp3) is 0.524. The molecular formula is C21H37Cl2OSi2Ti-. The van der Waals surface area contributed by atoms with Crippen LogP contribution in [0.25, 0.3) is 0 Å². The van der Waals surface area contributed by atoms with Crippen molar-refractivity contribution in [3.63, 3.8) is 0 Å². The van der Waals surface area contributed by atoms with Crippen LogP contribution in [-0.2, 0) is 27.1 Å². The van der Waals surface area contributed by atoms with Crippen LogP contribution in [0.3, 0.4) is 0 Å². The van der Waals surface area contributed by atoms with Gasteiger partial charge in [0.1, 0.15) is 5.75 Å². The minimum atomic E-state index is -1.01. The van der Waals surface area contributed by atoms with Gasteiger partial charge in [0.05, 0.1) is 0 Å². The maximum Gasteiger partial charge on any atom is 0.116 e. The van der Waals surface area contributed by atoms with Crippen LogP contribution in [0.2, 0.25) is 32.7 Å². The van der Waals surface area contributed by atoms with Crippen molar-refractivity contribution in [2.24, 2.45) is 0 Å². The third-order valence-corrected chi connectivity index (χ3v) is 5.39. The molecule has 0 fully saturated rings. The van der Waals surface area contributed by atoms with Crippen molar-refractivity contribution in [3.8, 4) is 5.75 Å². The summed E-state index contributed by atoms with van der Waals surface area (Å²) in [6, 6.07) is 5.71. The third kappa shape index (κ3) is 15.8. The average molecular weight is 480 g/mol. The topological polar surface area (TPSA) is 20.2 Å². The van der Waals surface area contributed by atoms with E-state index in [-0.39, 0.29) is 51.9 Å². The van der Waals surface area contributed by atoms with E-state index in [0.29, 0.717) is 5.75 Å². The van der Waals surface area contributed by atoms with E-state index in [1.165, 1.54) is 10.8 Å². The van der Waals surface area contributed by atoms with Crippen molar-refractivity contribution in [1.82, 2.24) is 0 Å². The molecule has 1 aliphatic rings. The number of phenols is 1. The van der Waals surface area contributed by atoms with Crippen molar-refractivity contribution < 1.29 is 26.8 Å². The molecule has 0 amide bonds. The van der Waals surface area contributed by atoms with Crippen LogP contribution in [0.1, 0.15) is 38.3 Å². The smallest absolute Gasteiger partial charge is 0.116 e. The minimum Gasteiger partial charge on any atom is -0.508 e. The SMILES string of the molecule is C[Si](C)(C)C1=[C-]CC=C1.C[Si]C.Cc1cc(O)cc(C(C)(C)C)c1.Cl.Cl.[Ti]. The summed E-state index contributed by atoms with van der Waals surface area (Å²) in [5, 5.41) is 10.8. The number of benzene rings is 1. The standard InChI is InChI=1S/C11H16O.C8H13Si.C2H6Si.2ClH.Ti/c1-8-5-9(11(2,3)4)7-10(12)6-8;1-9(2,3)8-6-4-5-7-8;1-3-2;;;/h5-7,12H,1-4H3;4,6H,5H2,1-3H3;1-2H3;2*1H;/q;-1;;;;. The molecule has 2 rings (SSSR count). The van der Waals surface area contributed by atoms with E-state index < -0.39 is 8.07 Å². The van der Waals surface area contributed by atoms with Gasteiger partial charge >= 0.3 is 0 Å². The molecule has 0 aromatic heterocycles. The summed E-state index contributed by atoms with van der Waals surface area (Å²) in [4.78, 5) is 0. The molecule has 154 valence electrons. The number of hydrogen-bond donors (Lipinski definition) is 1. The molecule has 1 aliphatic carbocycles. The fourth-order valence-corrected chi connectivity index (χ4v) is 3.37. The molecule has 0 unspecified atom stereocenters. The first kappa shape index (κ1) is 34.7. The Morgan fingerprint density at radius 1 is 1.04 bits per heavy atom. The van der Waals surface area contributed by atoms with Gasteiger partial charge in [-0.3, -0.25) is 6.08 Å². The summed E-state index contributed by atoms with van der Waals surface area (Å²) < 4.78 is 0. The molecule has 1 N–H and O–H groups in total. The summed E-state index contributed by atoms with van der Waals surface area (Å²) >= 11 is 0. The second-order valence-corrected chi connectivity index (χ2v) is 14.3. The van der Waals surface area contributed by atoms with E-state index in [2.05, 4.69) is 77.8 Å². The molecule has 2 radical (unpaired) electrons. The third-order valence-electron chi connectivity index (χ3n) is 3.43. The van der Waals surface area contributed by atoms with Crippen LogP contribution < -0.4 is 0 Å². The molecule has 0 heterocycles. The summed E-state index contributed by atoms with van der Waals surface area (Å²) in [6.45, 7) is 19.8. The second kappa shape index (κ2) is 16.1. The Kier molecular flexibility index (Phi) is 20.7. The zero-order valence-electron chi connectivity index (χ0n) is 18.4. The van der Waals surface area contributed by atoms with Gasteiger partial charge < -0.3 is 5.11 Å². The monoisotopic (exact) mass is 479 g/mol. The van der Waals surface area contributed by atoms with Crippen LogP contribution in [0.15, 0.2) is 35.5 Å². The molecule has 0 aliphatic heterocycles. The Balaban J connectivity index is -0.000000159.